The summed E-state index contributed by atoms with van der Waals surface area (Å²) in [6, 6.07) is 13.4. The predicted octanol–water partition coefficient (Wildman–Crippen LogP) is 3.95. The molecule has 3 aromatic rings. The fourth-order valence-electron chi connectivity index (χ4n) is 5.18. The van der Waals surface area contributed by atoms with Crippen molar-refractivity contribution in [1.82, 2.24) is 20.2 Å². The minimum atomic E-state index is -4.46. The van der Waals surface area contributed by atoms with E-state index in [0.717, 1.165) is 12.1 Å². The van der Waals surface area contributed by atoms with Gasteiger partial charge in [0.2, 0.25) is 5.91 Å². The minimum absolute atomic E-state index is 0.0605. The molecule has 2 aliphatic heterocycles. The molecule has 2 aromatic carbocycles. The van der Waals surface area contributed by atoms with Crippen molar-refractivity contribution in [2.75, 3.05) is 13.6 Å². The third-order valence-corrected chi connectivity index (χ3v) is 9.28. The Morgan fingerprint density at radius 1 is 1.05 bits per heavy atom. The number of hydrogen-bond acceptors (Lipinski definition) is 6. The van der Waals surface area contributed by atoms with E-state index in [2.05, 4.69) is 15.3 Å². The molecule has 1 amide bonds. The quantitative estimate of drug-likeness (QED) is 0.549. The van der Waals surface area contributed by atoms with Crippen LogP contribution in [0.3, 0.4) is 0 Å². The average molecular weight is 531 g/mol. The average Bonchev–Trinajstić information content (AvgIpc) is 3.40. The van der Waals surface area contributed by atoms with Gasteiger partial charge in [0.05, 0.1) is 27.4 Å². The molecule has 1 aromatic heterocycles. The molecule has 0 radical (unpaired) electrons. The van der Waals surface area contributed by atoms with Crippen molar-refractivity contribution in [3.05, 3.63) is 77.7 Å². The second-order valence-electron chi connectivity index (χ2n) is 9.61. The smallest absolute Gasteiger partial charge is 0.344 e. The number of nitrogens with zero attached hydrogens (tertiary/aromatic N) is 3. The number of carbonyl (C=O) groups excluding carboxylic acids is 1. The largest absolute Gasteiger partial charge is 0.416 e. The zero-order valence-electron chi connectivity index (χ0n) is 20.2. The van der Waals surface area contributed by atoms with Crippen molar-refractivity contribution >= 4 is 15.7 Å². The molecule has 194 valence electrons. The van der Waals surface area contributed by atoms with Gasteiger partial charge in [0.25, 0.3) is 0 Å². The van der Waals surface area contributed by atoms with Crippen molar-refractivity contribution in [2.45, 2.75) is 47.7 Å². The third-order valence-electron chi connectivity index (χ3n) is 7.11. The van der Waals surface area contributed by atoms with Crippen LogP contribution in [0.15, 0.2) is 65.6 Å². The first kappa shape index (κ1) is 25.3. The Morgan fingerprint density at radius 2 is 1.73 bits per heavy atom. The van der Waals surface area contributed by atoms with E-state index in [9.17, 15) is 26.4 Å². The van der Waals surface area contributed by atoms with Gasteiger partial charge in [-0.1, -0.05) is 30.3 Å². The first-order chi connectivity index (χ1) is 17.4. The number of rotatable bonds is 4. The van der Waals surface area contributed by atoms with Gasteiger partial charge in [-0.05, 0) is 50.1 Å². The molecular formula is C26H25F3N4O3S. The van der Waals surface area contributed by atoms with E-state index < -0.39 is 38.4 Å². The summed E-state index contributed by atoms with van der Waals surface area (Å²) >= 11 is 0. The molecule has 1 N–H and O–H groups in total. The highest BCUT2D eigenvalue weighted by molar-refractivity contribution is 7.92. The third kappa shape index (κ3) is 4.50. The second kappa shape index (κ2) is 8.91. The van der Waals surface area contributed by atoms with Crippen LogP contribution in [0.25, 0.3) is 11.3 Å². The van der Waals surface area contributed by atoms with Crippen LogP contribution in [0, 0.1) is 6.92 Å². The number of alkyl halides is 3. The molecule has 3 heterocycles. The van der Waals surface area contributed by atoms with Gasteiger partial charge in [-0.15, -0.1) is 0 Å². The molecule has 1 spiro atoms. The first-order valence-electron chi connectivity index (χ1n) is 11.8. The predicted molar refractivity (Wildman–Crippen MR) is 130 cm³/mol. The van der Waals surface area contributed by atoms with Crippen LogP contribution < -0.4 is 5.32 Å². The second-order valence-corrected chi connectivity index (χ2v) is 11.8. The Bertz CT molecular complexity index is 1450. The molecule has 0 aliphatic carbocycles. The van der Waals surface area contributed by atoms with Gasteiger partial charge in [0.1, 0.15) is 11.4 Å². The van der Waals surface area contributed by atoms with Crippen LogP contribution in [-0.4, -0.2) is 53.6 Å². The maximum atomic E-state index is 13.8. The van der Waals surface area contributed by atoms with Gasteiger partial charge < -0.3 is 4.90 Å². The summed E-state index contributed by atoms with van der Waals surface area (Å²) in [5.74, 6) is -0.00231. The zero-order valence-corrected chi connectivity index (χ0v) is 21.0. The van der Waals surface area contributed by atoms with E-state index in [0.29, 0.717) is 29.9 Å². The number of amides is 1. The SMILES string of the molecule is Cc1cc(-c2ccc(C(F)(F)F)cc2)nc(C2NC3(CCN(C)C3=O)C[C@@H]2S(=O)(=O)c2ccccc2)n1. The van der Waals surface area contributed by atoms with Crippen LogP contribution in [0.1, 0.15) is 36.0 Å². The van der Waals surface area contributed by atoms with E-state index in [4.69, 9.17) is 0 Å². The van der Waals surface area contributed by atoms with Crippen molar-refractivity contribution < 1.29 is 26.4 Å². The molecule has 0 bridgehead atoms. The molecular weight excluding hydrogens is 505 g/mol. The molecule has 2 aliphatic rings. The van der Waals surface area contributed by atoms with E-state index in [-0.39, 0.29) is 23.0 Å². The Balaban J connectivity index is 1.59. The van der Waals surface area contributed by atoms with Crippen LogP contribution in [-0.2, 0) is 20.8 Å². The number of likely N-dealkylation sites (N-methyl/N-ethyl adjacent to an activating group) is 1. The van der Waals surface area contributed by atoms with Crippen LogP contribution >= 0.6 is 0 Å². The zero-order chi connectivity index (χ0) is 26.6. The number of nitrogens with one attached hydrogen (secondary N) is 1. The minimum Gasteiger partial charge on any atom is -0.344 e. The Kier molecular flexibility index (Phi) is 6.11. The number of sulfone groups is 1. The van der Waals surface area contributed by atoms with Crippen molar-refractivity contribution in [3.63, 3.8) is 0 Å². The molecule has 2 fully saturated rings. The summed E-state index contributed by atoms with van der Waals surface area (Å²) in [6.07, 6.45) is -3.96. The van der Waals surface area contributed by atoms with E-state index >= 15 is 0 Å². The number of aromatic nitrogens is 2. The summed E-state index contributed by atoms with van der Waals surface area (Å²) in [5.41, 5.74) is -0.516. The molecule has 2 saturated heterocycles. The van der Waals surface area contributed by atoms with Gasteiger partial charge in [0.15, 0.2) is 9.84 Å². The maximum Gasteiger partial charge on any atom is 0.416 e. The van der Waals surface area contributed by atoms with E-state index in [1.54, 1.807) is 43.1 Å². The highest BCUT2D eigenvalue weighted by atomic mass is 32.2. The van der Waals surface area contributed by atoms with Gasteiger partial charge in [-0.3, -0.25) is 10.1 Å². The molecule has 2 unspecified atom stereocenters. The number of hydrogen-bond donors (Lipinski definition) is 1. The number of carbonyl (C=O) groups is 1. The molecule has 7 nitrogen and oxygen atoms in total. The van der Waals surface area contributed by atoms with Gasteiger partial charge in [0, 0.05) is 24.8 Å². The Labute approximate surface area is 212 Å². The summed E-state index contributed by atoms with van der Waals surface area (Å²) in [6.45, 7) is 2.20. The Hall–Kier alpha value is -3.31. The summed E-state index contributed by atoms with van der Waals surface area (Å²) in [7, 11) is -2.21. The molecule has 5 rings (SSSR count). The maximum absolute atomic E-state index is 13.8. The normalized spacial score (nSPS) is 24.2. The lowest BCUT2D eigenvalue weighted by atomic mass is 9.96. The molecule has 0 saturated carbocycles. The fourth-order valence-corrected chi connectivity index (χ4v) is 7.12. The highest BCUT2D eigenvalue weighted by Crippen LogP contribution is 2.43. The first-order valence-corrected chi connectivity index (χ1v) is 13.3. The molecule has 37 heavy (non-hydrogen) atoms. The topological polar surface area (TPSA) is 92.3 Å². The number of benzene rings is 2. The lowest BCUT2D eigenvalue weighted by Crippen LogP contribution is -2.47. The highest BCUT2D eigenvalue weighted by Gasteiger charge is 2.58. The van der Waals surface area contributed by atoms with Crippen molar-refractivity contribution in [3.8, 4) is 11.3 Å². The lowest BCUT2D eigenvalue weighted by molar-refractivity contribution is -0.137. The molecule has 3 atom stereocenters. The number of aryl methyl sites for hydroxylation is 1. The summed E-state index contributed by atoms with van der Waals surface area (Å²) in [4.78, 5) is 23.9. The van der Waals surface area contributed by atoms with Gasteiger partial charge in [-0.25, -0.2) is 18.4 Å². The summed E-state index contributed by atoms with van der Waals surface area (Å²) < 4.78 is 66.7. The molecule has 11 heteroatoms. The van der Waals surface area contributed by atoms with E-state index in [1.165, 1.54) is 24.3 Å². The Morgan fingerprint density at radius 3 is 2.32 bits per heavy atom. The van der Waals surface area contributed by atoms with Gasteiger partial charge in [-0.2, -0.15) is 13.2 Å². The van der Waals surface area contributed by atoms with Gasteiger partial charge >= 0.3 is 6.18 Å². The lowest BCUT2D eigenvalue weighted by Gasteiger charge is -2.23. The monoisotopic (exact) mass is 530 g/mol. The van der Waals surface area contributed by atoms with Crippen LogP contribution in [0.4, 0.5) is 13.2 Å². The van der Waals surface area contributed by atoms with Crippen LogP contribution in [0.5, 0.6) is 0 Å². The van der Waals surface area contributed by atoms with Crippen LogP contribution in [0.2, 0.25) is 0 Å². The van der Waals surface area contributed by atoms with Crippen molar-refractivity contribution in [2.24, 2.45) is 0 Å². The number of likely N-dealkylation sites (tertiary alicyclic amines) is 1. The standard InChI is InChI=1S/C26H25F3N4O3S/c1-16-14-20(17-8-10-18(11-9-17)26(27,28)29)31-23(30-16)22-21(37(35,36)19-6-4-3-5-7-19)15-25(32-22)12-13-33(2)24(25)34/h3-11,14,21-22,32H,12-13,15H2,1-2H3/t21-,22?,25?/m0/s1. The fraction of sp³-hybridized carbons (Fsp3) is 0.346. The van der Waals surface area contributed by atoms with Crippen molar-refractivity contribution in [1.29, 1.82) is 0 Å². The van der Waals surface area contributed by atoms with E-state index in [1.807, 2.05) is 0 Å². The number of halogens is 3. The summed E-state index contributed by atoms with van der Waals surface area (Å²) in [5, 5.41) is 2.26.